The van der Waals surface area contributed by atoms with E-state index < -0.39 is 0 Å². The molecule has 1 aromatic rings. The van der Waals surface area contributed by atoms with Crippen molar-refractivity contribution < 1.29 is 4.74 Å². The molecular weight excluding hydrogens is 224 g/mol. The maximum absolute atomic E-state index is 6.09. The molecule has 18 heavy (non-hydrogen) atoms. The van der Waals surface area contributed by atoms with Gasteiger partial charge >= 0.3 is 0 Å². The molecule has 1 rings (SSSR count). The van der Waals surface area contributed by atoms with Gasteiger partial charge in [-0.05, 0) is 32.9 Å². The highest BCUT2D eigenvalue weighted by Gasteiger charge is 2.18. The van der Waals surface area contributed by atoms with E-state index >= 15 is 0 Å². The third kappa shape index (κ3) is 3.05. The van der Waals surface area contributed by atoms with Gasteiger partial charge in [0.1, 0.15) is 5.75 Å². The zero-order chi connectivity index (χ0) is 13.7. The van der Waals surface area contributed by atoms with Crippen LogP contribution in [0.5, 0.6) is 5.75 Å². The number of rotatable bonds is 6. The number of nitrogens with two attached hydrogens (primary N) is 1. The first kappa shape index (κ1) is 14.6. The summed E-state index contributed by atoms with van der Waals surface area (Å²) in [4.78, 5) is 2.27. The van der Waals surface area contributed by atoms with Gasteiger partial charge in [-0.25, -0.2) is 0 Å². The Balaban J connectivity index is 3.32. The fourth-order valence-electron chi connectivity index (χ4n) is 2.14. The second kappa shape index (κ2) is 6.45. The van der Waals surface area contributed by atoms with Gasteiger partial charge in [-0.3, -0.25) is 0 Å². The number of anilines is 1. The summed E-state index contributed by atoms with van der Waals surface area (Å²) in [6, 6.07) is 6.35. The second-order valence-electron chi connectivity index (χ2n) is 4.72. The number of nitrogens with zero attached hydrogens (tertiary/aromatic N) is 1. The highest BCUT2D eigenvalue weighted by atomic mass is 16.5. The van der Waals surface area contributed by atoms with Crippen LogP contribution in [0.15, 0.2) is 30.9 Å². The number of ether oxygens (including phenoxy) is 1. The predicted molar refractivity (Wildman–Crippen MR) is 78.3 cm³/mol. The molecule has 0 spiro atoms. The molecule has 3 nitrogen and oxygen atoms in total. The molecule has 1 aromatic carbocycles. The van der Waals surface area contributed by atoms with Gasteiger partial charge in [-0.15, -0.1) is 6.58 Å². The Morgan fingerprint density at radius 1 is 1.39 bits per heavy atom. The summed E-state index contributed by atoms with van der Waals surface area (Å²) in [5.74, 6) is 0.845. The van der Waals surface area contributed by atoms with Crippen LogP contribution in [0.2, 0.25) is 0 Å². The van der Waals surface area contributed by atoms with Gasteiger partial charge in [0.25, 0.3) is 0 Å². The Morgan fingerprint density at radius 3 is 2.50 bits per heavy atom. The summed E-state index contributed by atoms with van der Waals surface area (Å²) in [5, 5.41) is 0. The van der Waals surface area contributed by atoms with E-state index in [-0.39, 0.29) is 6.04 Å². The van der Waals surface area contributed by atoms with Crippen LogP contribution in [0.1, 0.15) is 32.4 Å². The number of hydrogen-bond donors (Lipinski definition) is 1. The summed E-state index contributed by atoms with van der Waals surface area (Å²) >= 11 is 0. The quantitative estimate of drug-likeness (QED) is 0.786. The molecule has 0 heterocycles. The molecule has 1 atom stereocenters. The minimum atomic E-state index is -0.0674. The van der Waals surface area contributed by atoms with Gasteiger partial charge in [0.2, 0.25) is 0 Å². The van der Waals surface area contributed by atoms with Crippen molar-refractivity contribution >= 4 is 5.69 Å². The monoisotopic (exact) mass is 248 g/mol. The van der Waals surface area contributed by atoms with Crippen LogP contribution >= 0.6 is 0 Å². The van der Waals surface area contributed by atoms with E-state index in [1.807, 2.05) is 25.1 Å². The second-order valence-corrected chi connectivity index (χ2v) is 4.72. The molecule has 1 unspecified atom stereocenters. The van der Waals surface area contributed by atoms with Crippen LogP contribution in [0.4, 0.5) is 5.69 Å². The zero-order valence-electron chi connectivity index (χ0n) is 11.8. The zero-order valence-corrected chi connectivity index (χ0v) is 11.8. The third-order valence-electron chi connectivity index (χ3n) is 2.98. The molecule has 3 heteroatoms. The fraction of sp³-hybridized carbons (Fsp3) is 0.467. The van der Waals surface area contributed by atoms with E-state index in [4.69, 9.17) is 10.5 Å². The molecule has 100 valence electrons. The van der Waals surface area contributed by atoms with Gasteiger partial charge in [0.15, 0.2) is 0 Å². The molecular formula is C15H24N2O. The standard InChI is InChI=1S/C15H24N2O/c1-6-10-17(11(2)3)13-8-7-9-14(18-5)15(13)12(4)16/h6-9,11-12H,1,10,16H2,2-5H3. The molecule has 0 fully saturated rings. The Morgan fingerprint density at radius 2 is 2.06 bits per heavy atom. The van der Waals surface area contributed by atoms with Crippen molar-refractivity contribution in [1.29, 1.82) is 0 Å². The highest BCUT2D eigenvalue weighted by molar-refractivity contribution is 5.61. The summed E-state index contributed by atoms with van der Waals surface area (Å²) in [6.45, 7) is 10.9. The average molecular weight is 248 g/mol. The first-order chi connectivity index (χ1) is 8.52. The van der Waals surface area contributed by atoms with Crippen molar-refractivity contribution in [2.75, 3.05) is 18.6 Å². The van der Waals surface area contributed by atoms with Gasteiger partial charge in [0.05, 0.1) is 7.11 Å². The van der Waals surface area contributed by atoms with Crippen molar-refractivity contribution in [3.05, 3.63) is 36.4 Å². The molecule has 0 aliphatic carbocycles. The lowest BCUT2D eigenvalue weighted by molar-refractivity contribution is 0.407. The SMILES string of the molecule is C=CCN(c1cccc(OC)c1C(C)N)C(C)C. The average Bonchev–Trinajstić information content (AvgIpc) is 2.34. The summed E-state index contributed by atoms with van der Waals surface area (Å²) in [5.41, 5.74) is 8.27. The van der Waals surface area contributed by atoms with E-state index in [0.29, 0.717) is 6.04 Å². The fourth-order valence-corrected chi connectivity index (χ4v) is 2.14. The van der Waals surface area contributed by atoms with Crippen molar-refractivity contribution in [2.45, 2.75) is 32.9 Å². The van der Waals surface area contributed by atoms with Gasteiger partial charge in [0, 0.05) is 29.9 Å². The van der Waals surface area contributed by atoms with E-state index in [1.165, 1.54) is 0 Å². The van der Waals surface area contributed by atoms with Crippen LogP contribution in [0.25, 0.3) is 0 Å². The topological polar surface area (TPSA) is 38.5 Å². The molecule has 2 N–H and O–H groups in total. The van der Waals surface area contributed by atoms with Crippen LogP contribution in [-0.2, 0) is 0 Å². The van der Waals surface area contributed by atoms with E-state index in [0.717, 1.165) is 23.5 Å². The smallest absolute Gasteiger partial charge is 0.125 e. The molecule has 0 amide bonds. The highest BCUT2D eigenvalue weighted by Crippen LogP contribution is 2.34. The van der Waals surface area contributed by atoms with Gasteiger partial charge in [-0.2, -0.15) is 0 Å². The molecule has 0 aliphatic heterocycles. The van der Waals surface area contributed by atoms with Crippen molar-refractivity contribution in [3.63, 3.8) is 0 Å². The third-order valence-corrected chi connectivity index (χ3v) is 2.98. The first-order valence-corrected chi connectivity index (χ1v) is 6.32. The maximum atomic E-state index is 6.09. The van der Waals surface area contributed by atoms with Gasteiger partial charge in [-0.1, -0.05) is 12.1 Å². The Hall–Kier alpha value is -1.48. The van der Waals surface area contributed by atoms with E-state index in [1.54, 1.807) is 7.11 Å². The maximum Gasteiger partial charge on any atom is 0.125 e. The number of methoxy groups -OCH3 is 1. The summed E-state index contributed by atoms with van der Waals surface area (Å²) in [7, 11) is 1.68. The van der Waals surface area contributed by atoms with Crippen molar-refractivity contribution in [1.82, 2.24) is 0 Å². The van der Waals surface area contributed by atoms with Crippen molar-refractivity contribution in [2.24, 2.45) is 5.73 Å². The Labute approximate surface area is 110 Å². The molecule has 0 aliphatic rings. The Bertz CT molecular complexity index is 399. The molecule has 0 aromatic heterocycles. The Kier molecular flexibility index (Phi) is 5.23. The largest absolute Gasteiger partial charge is 0.496 e. The van der Waals surface area contributed by atoms with Crippen LogP contribution in [-0.4, -0.2) is 19.7 Å². The minimum absolute atomic E-state index is 0.0674. The molecule has 0 bridgehead atoms. The van der Waals surface area contributed by atoms with Crippen LogP contribution < -0.4 is 15.4 Å². The lowest BCUT2D eigenvalue weighted by atomic mass is 10.0. The van der Waals surface area contributed by atoms with E-state index in [9.17, 15) is 0 Å². The van der Waals surface area contributed by atoms with Gasteiger partial charge < -0.3 is 15.4 Å². The lowest BCUT2D eigenvalue weighted by Crippen LogP contribution is -2.32. The van der Waals surface area contributed by atoms with Crippen LogP contribution in [0, 0.1) is 0 Å². The summed E-state index contributed by atoms with van der Waals surface area (Å²) < 4.78 is 5.42. The molecule has 0 saturated carbocycles. The first-order valence-electron chi connectivity index (χ1n) is 6.32. The molecule has 0 radical (unpaired) electrons. The lowest BCUT2D eigenvalue weighted by Gasteiger charge is -2.31. The summed E-state index contributed by atoms with van der Waals surface area (Å²) in [6.07, 6.45) is 1.91. The van der Waals surface area contributed by atoms with E-state index in [2.05, 4.69) is 31.4 Å². The van der Waals surface area contributed by atoms with Crippen molar-refractivity contribution in [3.8, 4) is 5.75 Å². The minimum Gasteiger partial charge on any atom is -0.496 e. The van der Waals surface area contributed by atoms with Crippen LogP contribution in [0.3, 0.4) is 0 Å². The number of hydrogen-bond acceptors (Lipinski definition) is 3. The molecule has 0 saturated heterocycles. The normalized spacial score (nSPS) is 12.3. The number of benzene rings is 1. The predicted octanol–water partition coefficient (Wildman–Crippen LogP) is 3.12.